The predicted octanol–water partition coefficient (Wildman–Crippen LogP) is 2.51. The molecule has 0 bridgehead atoms. The van der Waals surface area contributed by atoms with E-state index in [1.807, 2.05) is 24.6 Å². The van der Waals surface area contributed by atoms with Gasteiger partial charge in [-0.05, 0) is 64.4 Å². The number of hydrogen-bond acceptors (Lipinski definition) is 4. The van der Waals surface area contributed by atoms with Crippen molar-refractivity contribution in [2.45, 2.75) is 46.2 Å². The van der Waals surface area contributed by atoms with E-state index < -0.39 is 0 Å². The Hall–Kier alpha value is -2.08. The Morgan fingerprint density at radius 2 is 2.08 bits per heavy atom. The summed E-state index contributed by atoms with van der Waals surface area (Å²) in [5.41, 5.74) is 2.18. The van der Waals surface area contributed by atoms with E-state index in [4.69, 9.17) is 4.42 Å². The highest BCUT2D eigenvalue weighted by Crippen LogP contribution is 2.15. The summed E-state index contributed by atoms with van der Waals surface area (Å²) in [6, 6.07) is 5.73. The van der Waals surface area contributed by atoms with Gasteiger partial charge in [0.15, 0.2) is 5.76 Å². The van der Waals surface area contributed by atoms with Gasteiger partial charge in [-0.25, -0.2) is 0 Å². The van der Waals surface area contributed by atoms with E-state index in [-0.39, 0.29) is 5.91 Å². The van der Waals surface area contributed by atoms with Crippen molar-refractivity contribution in [3.8, 4) is 0 Å². The summed E-state index contributed by atoms with van der Waals surface area (Å²) in [7, 11) is 0. The molecule has 24 heavy (non-hydrogen) atoms. The molecule has 0 radical (unpaired) electrons. The maximum Gasteiger partial charge on any atom is 0.286 e. The van der Waals surface area contributed by atoms with Crippen molar-refractivity contribution in [1.29, 1.82) is 0 Å². The second-order valence-corrected chi connectivity index (χ2v) is 6.51. The molecule has 0 aliphatic carbocycles. The molecule has 1 amide bonds. The lowest BCUT2D eigenvalue weighted by molar-refractivity contribution is 0.0921. The summed E-state index contributed by atoms with van der Waals surface area (Å²) in [5.74, 6) is 1.12. The molecule has 1 N–H and O–H groups in total. The monoisotopic (exact) mass is 330 g/mol. The fourth-order valence-corrected chi connectivity index (χ4v) is 3.17. The lowest BCUT2D eigenvalue weighted by Gasteiger charge is -2.11. The molecule has 2 aromatic rings. The maximum absolute atomic E-state index is 12.1. The van der Waals surface area contributed by atoms with Crippen molar-refractivity contribution in [2.75, 3.05) is 19.6 Å². The van der Waals surface area contributed by atoms with Gasteiger partial charge in [0.25, 0.3) is 5.91 Å². The Morgan fingerprint density at radius 3 is 2.79 bits per heavy atom. The van der Waals surface area contributed by atoms with Crippen LogP contribution in [0.4, 0.5) is 0 Å². The number of amides is 1. The van der Waals surface area contributed by atoms with Gasteiger partial charge in [-0.1, -0.05) is 0 Å². The quantitative estimate of drug-likeness (QED) is 0.792. The highest BCUT2D eigenvalue weighted by atomic mass is 16.4. The molecular formula is C18H26N4O2. The molecule has 0 spiro atoms. The SMILES string of the molecule is Cc1cc(C)n(CCCNC(=O)c2ccc(CN3CCCC3)o2)n1. The molecule has 1 aliphatic heterocycles. The average Bonchev–Trinajstić information content (AvgIpc) is 3.27. The van der Waals surface area contributed by atoms with Crippen LogP contribution in [0.3, 0.4) is 0 Å². The third kappa shape index (κ3) is 4.26. The second kappa shape index (κ2) is 7.66. The third-order valence-electron chi connectivity index (χ3n) is 4.40. The van der Waals surface area contributed by atoms with Gasteiger partial charge in [-0.3, -0.25) is 14.4 Å². The number of hydrogen-bond donors (Lipinski definition) is 1. The molecule has 0 atom stereocenters. The zero-order valence-corrected chi connectivity index (χ0v) is 14.5. The van der Waals surface area contributed by atoms with Crippen molar-refractivity contribution < 1.29 is 9.21 Å². The zero-order valence-electron chi connectivity index (χ0n) is 14.5. The van der Waals surface area contributed by atoms with Crippen LogP contribution in [0.15, 0.2) is 22.6 Å². The fraction of sp³-hybridized carbons (Fsp3) is 0.556. The van der Waals surface area contributed by atoms with Gasteiger partial charge in [0.2, 0.25) is 0 Å². The van der Waals surface area contributed by atoms with Crippen LogP contribution in [0.1, 0.15) is 47.0 Å². The smallest absolute Gasteiger partial charge is 0.286 e. The van der Waals surface area contributed by atoms with Gasteiger partial charge in [-0.2, -0.15) is 5.10 Å². The lowest BCUT2D eigenvalue weighted by Crippen LogP contribution is -2.25. The van der Waals surface area contributed by atoms with E-state index in [1.54, 1.807) is 6.07 Å². The molecule has 1 aliphatic rings. The first-order valence-corrected chi connectivity index (χ1v) is 8.72. The maximum atomic E-state index is 12.1. The van der Waals surface area contributed by atoms with E-state index in [9.17, 15) is 4.79 Å². The largest absolute Gasteiger partial charge is 0.455 e. The summed E-state index contributed by atoms with van der Waals surface area (Å²) in [4.78, 5) is 14.5. The van der Waals surface area contributed by atoms with Crippen LogP contribution in [0.25, 0.3) is 0 Å². The number of carbonyl (C=O) groups excluding carboxylic acids is 1. The minimum atomic E-state index is -0.143. The van der Waals surface area contributed by atoms with E-state index in [0.29, 0.717) is 12.3 Å². The number of nitrogens with one attached hydrogen (secondary N) is 1. The fourth-order valence-electron chi connectivity index (χ4n) is 3.17. The number of rotatable bonds is 7. The highest BCUT2D eigenvalue weighted by Gasteiger charge is 2.15. The molecule has 1 saturated heterocycles. The zero-order chi connectivity index (χ0) is 16.9. The van der Waals surface area contributed by atoms with Crippen molar-refractivity contribution in [2.24, 2.45) is 0 Å². The van der Waals surface area contributed by atoms with E-state index in [2.05, 4.69) is 21.4 Å². The molecule has 0 aromatic carbocycles. The standard InChI is InChI=1S/C18H26N4O2/c1-14-12-15(2)22(20-14)11-5-8-19-18(23)17-7-6-16(24-17)13-21-9-3-4-10-21/h6-7,12H,3-5,8-11,13H2,1-2H3,(H,19,23). The molecule has 6 nitrogen and oxygen atoms in total. The van der Waals surface area contributed by atoms with Crippen LogP contribution < -0.4 is 5.32 Å². The Labute approximate surface area is 142 Å². The van der Waals surface area contributed by atoms with Crippen molar-refractivity contribution in [3.05, 3.63) is 41.1 Å². The molecule has 2 aromatic heterocycles. The first-order valence-electron chi connectivity index (χ1n) is 8.72. The van der Waals surface area contributed by atoms with Gasteiger partial charge in [0.05, 0.1) is 12.2 Å². The number of likely N-dealkylation sites (tertiary alicyclic amines) is 1. The van der Waals surface area contributed by atoms with Crippen molar-refractivity contribution >= 4 is 5.91 Å². The van der Waals surface area contributed by atoms with Crippen LogP contribution in [0.2, 0.25) is 0 Å². The Morgan fingerprint density at radius 1 is 1.29 bits per heavy atom. The summed E-state index contributed by atoms with van der Waals surface area (Å²) < 4.78 is 7.65. The van der Waals surface area contributed by atoms with Crippen molar-refractivity contribution in [3.63, 3.8) is 0 Å². The van der Waals surface area contributed by atoms with Gasteiger partial charge in [0.1, 0.15) is 5.76 Å². The normalized spacial score (nSPS) is 15.1. The van der Waals surface area contributed by atoms with E-state index >= 15 is 0 Å². The van der Waals surface area contributed by atoms with Crippen LogP contribution in [-0.2, 0) is 13.1 Å². The van der Waals surface area contributed by atoms with Gasteiger partial charge in [0, 0.05) is 18.8 Å². The Bertz CT molecular complexity index is 683. The van der Waals surface area contributed by atoms with Crippen LogP contribution >= 0.6 is 0 Å². The molecule has 0 unspecified atom stereocenters. The average molecular weight is 330 g/mol. The number of aryl methyl sites for hydroxylation is 3. The molecule has 0 saturated carbocycles. The molecule has 3 heterocycles. The lowest BCUT2D eigenvalue weighted by atomic mass is 10.3. The number of carbonyl (C=O) groups is 1. The second-order valence-electron chi connectivity index (χ2n) is 6.51. The van der Waals surface area contributed by atoms with Crippen LogP contribution in [-0.4, -0.2) is 40.2 Å². The minimum absolute atomic E-state index is 0.143. The highest BCUT2D eigenvalue weighted by molar-refractivity contribution is 5.91. The Kier molecular flexibility index (Phi) is 5.35. The predicted molar refractivity (Wildman–Crippen MR) is 91.9 cm³/mol. The number of nitrogens with zero attached hydrogens (tertiary/aromatic N) is 3. The topological polar surface area (TPSA) is 63.3 Å². The molecule has 130 valence electrons. The third-order valence-corrected chi connectivity index (χ3v) is 4.40. The summed E-state index contributed by atoms with van der Waals surface area (Å²) in [5, 5.41) is 7.33. The number of aromatic nitrogens is 2. The van der Waals surface area contributed by atoms with Crippen LogP contribution in [0, 0.1) is 13.8 Å². The molecule has 3 rings (SSSR count). The molecule has 1 fully saturated rings. The minimum Gasteiger partial charge on any atom is -0.455 e. The van der Waals surface area contributed by atoms with Gasteiger partial charge >= 0.3 is 0 Å². The van der Waals surface area contributed by atoms with Crippen LogP contribution in [0.5, 0.6) is 0 Å². The molecular weight excluding hydrogens is 304 g/mol. The Balaban J connectivity index is 1.41. The van der Waals surface area contributed by atoms with Crippen molar-refractivity contribution in [1.82, 2.24) is 20.0 Å². The first-order chi connectivity index (χ1) is 11.6. The summed E-state index contributed by atoms with van der Waals surface area (Å²) in [6.45, 7) is 8.48. The van der Waals surface area contributed by atoms with Gasteiger partial charge in [-0.15, -0.1) is 0 Å². The van der Waals surface area contributed by atoms with E-state index in [0.717, 1.165) is 49.7 Å². The molecule has 6 heteroatoms. The van der Waals surface area contributed by atoms with Gasteiger partial charge < -0.3 is 9.73 Å². The first kappa shape index (κ1) is 16.8. The van der Waals surface area contributed by atoms with E-state index in [1.165, 1.54) is 12.8 Å². The summed E-state index contributed by atoms with van der Waals surface area (Å²) in [6.07, 6.45) is 3.35. The number of furan rings is 1. The summed E-state index contributed by atoms with van der Waals surface area (Å²) >= 11 is 0.